The summed E-state index contributed by atoms with van der Waals surface area (Å²) in [5.74, 6) is 0. The van der Waals surface area contributed by atoms with Gasteiger partial charge in [0.25, 0.3) is 0 Å². The molecule has 4 heteroatoms. The minimum absolute atomic E-state index is 0.0796. The molecule has 0 N–H and O–H groups in total. The van der Waals surface area contributed by atoms with Crippen molar-refractivity contribution in [2.24, 2.45) is 0 Å². The second-order valence-corrected chi connectivity index (χ2v) is 6.62. The van der Waals surface area contributed by atoms with Crippen LogP contribution in [-0.2, 0) is 6.42 Å². The maximum absolute atomic E-state index is 6.47. The van der Waals surface area contributed by atoms with Gasteiger partial charge in [0.2, 0.25) is 0 Å². The third-order valence-corrected chi connectivity index (χ3v) is 4.98. The number of hydrogen-bond acceptors (Lipinski definition) is 0. The van der Waals surface area contributed by atoms with Gasteiger partial charge in [-0.1, -0.05) is 57.3 Å². The average molecular weight is 379 g/mol. The molecule has 0 fully saturated rings. The van der Waals surface area contributed by atoms with E-state index in [9.17, 15) is 0 Å². The predicted molar refractivity (Wildman–Crippen MR) is 87.6 cm³/mol. The quantitative estimate of drug-likeness (QED) is 0.529. The van der Waals surface area contributed by atoms with Gasteiger partial charge < -0.3 is 0 Å². The molecule has 0 saturated heterocycles. The van der Waals surface area contributed by atoms with Crippen molar-refractivity contribution in [3.63, 3.8) is 0 Å². The SMILES string of the molecule is Cc1cc(C(Cl)Cc2ccc(Cl)c(Cl)c2)ccc1Br. The third-order valence-electron chi connectivity index (χ3n) is 2.94. The van der Waals surface area contributed by atoms with E-state index in [4.69, 9.17) is 34.8 Å². The maximum Gasteiger partial charge on any atom is 0.0625 e. The Balaban J connectivity index is 2.17. The van der Waals surface area contributed by atoms with Crippen LogP contribution in [0.25, 0.3) is 0 Å². The number of benzene rings is 2. The first-order valence-corrected chi connectivity index (χ1v) is 7.80. The van der Waals surface area contributed by atoms with Crippen molar-refractivity contribution in [3.05, 3.63) is 67.6 Å². The lowest BCUT2D eigenvalue weighted by atomic mass is 10.0. The van der Waals surface area contributed by atoms with Crippen molar-refractivity contribution in [2.45, 2.75) is 18.7 Å². The van der Waals surface area contributed by atoms with E-state index in [0.29, 0.717) is 10.0 Å². The maximum atomic E-state index is 6.47. The molecule has 2 aromatic carbocycles. The van der Waals surface area contributed by atoms with Gasteiger partial charge in [-0.3, -0.25) is 0 Å². The van der Waals surface area contributed by atoms with Gasteiger partial charge in [-0.05, 0) is 48.2 Å². The Bertz CT molecular complexity index is 596. The zero-order valence-corrected chi connectivity index (χ0v) is 14.1. The van der Waals surface area contributed by atoms with E-state index in [0.717, 1.165) is 22.0 Å². The topological polar surface area (TPSA) is 0 Å². The van der Waals surface area contributed by atoms with E-state index in [-0.39, 0.29) is 5.38 Å². The number of rotatable bonds is 3. The van der Waals surface area contributed by atoms with Crippen LogP contribution in [0.1, 0.15) is 22.1 Å². The lowest BCUT2D eigenvalue weighted by Gasteiger charge is -2.12. The molecule has 0 radical (unpaired) electrons. The fraction of sp³-hybridized carbons (Fsp3) is 0.200. The summed E-state index contributed by atoms with van der Waals surface area (Å²) in [6, 6.07) is 11.8. The Labute approximate surface area is 136 Å². The monoisotopic (exact) mass is 376 g/mol. The van der Waals surface area contributed by atoms with Crippen molar-refractivity contribution in [1.82, 2.24) is 0 Å². The molecular weight excluding hydrogens is 366 g/mol. The van der Waals surface area contributed by atoms with Crippen molar-refractivity contribution in [1.29, 1.82) is 0 Å². The summed E-state index contributed by atoms with van der Waals surface area (Å²) in [6.45, 7) is 2.05. The van der Waals surface area contributed by atoms with E-state index < -0.39 is 0 Å². The Morgan fingerprint density at radius 2 is 1.79 bits per heavy atom. The van der Waals surface area contributed by atoms with Gasteiger partial charge in [-0.2, -0.15) is 0 Å². The van der Waals surface area contributed by atoms with Crippen LogP contribution in [0.2, 0.25) is 10.0 Å². The molecule has 0 aliphatic heterocycles. The first-order valence-electron chi connectivity index (χ1n) is 5.81. The van der Waals surface area contributed by atoms with E-state index in [1.54, 1.807) is 6.07 Å². The van der Waals surface area contributed by atoms with Crippen LogP contribution in [0.5, 0.6) is 0 Å². The zero-order valence-electron chi connectivity index (χ0n) is 10.3. The summed E-state index contributed by atoms with van der Waals surface area (Å²) in [7, 11) is 0. The van der Waals surface area contributed by atoms with Crippen LogP contribution in [0, 0.1) is 6.92 Å². The smallest absolute Gasteiger partial charge is 0.0625 e. The third kappa shape index (κ3) is 3.88. The molecule has 0 spiro atoms. The first kappa shape index (κ1) is 15.2. The molecule has 2 aromatic rings. The normalized spacial score (nSPS) is 12.5. The van der Waals surface area contributed by atoms with Crippen molar-refractivity contribution < 1.29 is 0 Å². The number of aryl methyl sites for hydroxylation is 1. The number of alkyl halides is 1. The van der Waals surface area contributed by atoms with Gasteiger partial charge in [-0.15, -0.1) is 11.6 Å². The summed E-state index contributed by atoms with van der Waals surface area (Å²) in [5, 5.41) is 1.05. The van der Waals surface area contributed by atoms with E-state index in [2.05, 4.69) is 28.9 Å². The molecule has 0 aliphatic rings. The minimum Gasteiger partial charge on any atom is -0.117 e. The van der Waals surface area contributed by atoms with Gasteiger partial charge in [-0.25, -0.2) is 0 Å². The fourth-order valence-corrected chi connectivity index (χ4v) is 2.74. The fourth-order valence-electron chi connectivity index (χ4n) is 1.85. The summed E-state index contributed by atoms with van der Waals surface area (Å²) in [5.41, 5.74) is 3.36. The van der Waals surface area contributed by atoms with Gasteiger partial charge in [0.1, 0.15) is 0 Å². The standard InChI is InChI=1S/C15H12BrCl3/c1-9-6-11(3-4-12(9)16)14(18)7-10-2-5-13(17)15(19)8-10/h2-6,8,14H,7H2,1H3. The Morgan fingerprint density at radius 1 is 1.05 bits per heavy atom. The van der Waals surface area contributed by atoms with Crippen molar-refractivity contribution >= 4 is 50.7 Å². The Hall–Kier alpha value is -0.210. The molecule has 0 saturated carbocycles. The highest BCUT2D eigenvalue weighted by atomic mass is 79.9. The second-order valence-electron chi connectivity index (χ2n) is 4.43. The van der Waals surface area contributed by atoms with Crippen LogP contribution < -0.4 is 0 Å². The summed E-state index contributed by atoms with van der Waals surface area (Å²) in [4.78, 5) is 0. The Morgan fingerprint density at radius 3 is 2.42 bits per heavy atom. The van der Waals surface area contributed by atoms with Gasteiger partial charge in [0, 0.05) is 4.47 Å². The summed E-state index contributed by atoms with van der Waals surface area (Å²) < 4.78 is 1.09. The zero-order chi connectivity index (χ0) is 14.0. The van der Waals surface area contributed by atoms with Crippen LogP contribution in [0.4, 0.5) is 0 Å². The van der Waals surface area contributed by atoms with E-state index in [1.807, 2.05) is 24.3 Å². The lowest BCUT2D eigenvalue weighted by Crippen LogP contribution is -1.97. The van der Waals surface area contributed by atoms with Crippen LogP contribution >= 0.6 is 50.7 Å². The van der Waals surface area contributed by atoms with Gasteiger partial charge in [0.05, 0.1) is 15.4 Å². The highest BCUT2D eigenvalue weighted by Gasteiger charge is 2.11. The molecular formula is C15H12BrCl3. The summed E-state index contributed by atoms with van der Waals surface area (Å²) in [6.07, 6.45) is 0.722. The molecule has 0 aromatic heterocycles. The molecule has 0 amide bonds. The Kier molecular flexibility index (Phi) is 5.19. The van der Waals surface area contributed by atoms with Gasteiger partial charge >= 0.3 is 0 Å². The van der Waals surface area contributed by atoms with Crippen LogP contribution in [-0.4, -0.2) is 0 Å². The van der Waals surface area contributed by atoms with Gasteiger partial charge in [0.15, 0.2) is 0 Å². The minimum atomic E-state index is -0.0796. The summed E-state index contributed by atoms with van der Waals surface area (Å²) >= 11 is 21.9. The largest absolute Gasteiger partial charge is 0.117 e. The number of halogens is 4. The first-order chi connectivity index (χ1) is 8.97. The molecule has 100 valence electrons. The van der Waals surface area contributed by atoms with Crippen LogP contribution in [0.3, 0.4) is 0 Å². The molecule has 0 heterocycles. The molecule has 2 rings (SSSR count). The van der Waals surface area contributed by atoms with E-state index >= 15 is 0 Å². The second kappa shape index (κ2) is 6.49. The van der Waals surface area contributed by atoms with E-state index in [1.165, 1.54) is 5.56 Å². The highest BCUT2D eigenvalue weighted by Crippen LogP contribution is 2.30. The highest BCUT2D eigenvalue weighted by molar-refractivity contribution is 9.10. The average Bonchev–Trinajstić information content (AvgIpc) is 2.37. The number of hydrogen-bond donors (Lipinski definition) is 0. The van der Waals surface area contributed by atoms with Crippen molar-refractivity contribution in [3.8, 4) is 0 Å². The molecule has 0 nitrogen and oxygen atoms in total. The molecule has 19 heavy (non-hydrogen) atoms. The van der Waals surface area contributed by atoms with Crippen molar-refractivity contribution in [2.75, 3.05) is 0 Å². The molecule has 0 aliphatic carbocycles. The molecule has 1 atom stereocenters. The molecule has 0 bridgehead atoms. The molecule has 1 unspecified atom stereocenters. The predicted octanol–water partition coefficient (Wildman–Crippen LogP) is 6.59. The lowest BCUT2D eigenvalue weighted by molar-refractivity contribution is 0.917. The van der Waals surface area contributed by atoms with Crippen LogP contribution in [0.15, 0.2) is 40.9 Å².